The van der Waals surface area contributed by atoms with Crippen LogP contribution in [0.2, 0.25) is 5.15 Å². The fourth-order valence-corrected chi connectivity index (χ4v) is 0.984. The predicted octanol–water partition coefficient (Wildman–Crippen LogP) is 2.09. The van der Waals surface area contributed by atoms with Crippen molar-refractivity contribution in [2.24, 2.45) is 0 Å². The zero-order valence-corrected chi connectivity index (χ0v) is 6.74. The van der Waals surface area contributed by atoms with Crippen LogP contribution in [-0.4, -0.2) is 12.0 Å². The third kappa shape index (κ3) is 1.39. The minimum Gasteiger partial charge on any atom is -0.387 e. The molecule has 0 amide bonds. The number of hydrogen-bond donors (Lipinski definition) is 1. The minimum atomic E-state index is 0.538. The van der Waals surface area contributed by atoms with Gasteiger partial charge in [0.15, 0.2) is 0 Å². The third-order valence-electron chi connectivity index (χ3n) is 1.32. The summed E-state index contributed by atoms with van der Waals surface area (Å²) in [6, 6.07) is 3.67. The van der Waals surface area contributed by atoms with Crippen molar-refractivity contribution < 1.29 is 0 Å². The van der Waals surface area contributed by atoms with Gasteiger partial charge in [-0.25, -0.2) is 4.98 Å². The van der Waals surface area contributed by atoms with Crippen molar-refractivity contribution in [3.8, 4) is 0 Å². The molecule has 1 rings (SSSR count). The van der Waals surface area contributed by atoms with Gasteiger partial charge in [0.05, 0.1) is 11.4 Å². The van der Waals surface area contributed by atoms with E-state index >= 15 is 0 Å². The van der Waals surface area contributed by atoms with Crippen LogP contribution in [0.4, 0.5) is 5.69 Å². The SMILES string of the molecule is CNc1ccc(Cl)nc1C. The number of aryl methyl sites for hydroxylation is 1. The van der Waals surface area contributed by atoms with E-state index in [1.54, 1.807) is 6.07 Å². The molecular formula is C7H9ClN2. The zero-order valence-electron chi connectivity index (χ0n) is 5.98. The fourth-order valence-electron chi connectivity index (χ4n) is 0.795. The van der Waals surface area contributed by atoms with Gasteiger partial charge in [-0.05, 0) is 19.1 Å². The lowest BCUT2D eigenvalue weighted by Crippen LogP contribution is -1.93. The summed E-state index contributed by atoms with van der Waals surface area (Å²) in [5.74, 6) is 0. The zero-order chi connectivity index (χ0) is 7.56. The molecule has 0 aliphatic rings. The number of anilines is 1. The molecule has 1 aromatic heterocycles. The van der Waals surface area contributed by atoms with Gasteiger partial charge in [0, 0.05) is 7.05 Å². The molecular weight excluding hydrogens is 148 g/mol. The average molecular weight is 157 g/mol. The first-order chi connectivity index (χ1) is 4.74. The molecule has 10 heavy (non-hydrogen) atoms. The van der Waals surface area contributed by atoms with E-state index in [1.165, 1.54) is 0 Å². The fraction of sp³-hybridized carbons (Fsp3) is 0.286. The highest BCUT2D eigenvalue weighted by atomic mass is 35.5. The van der Waals surface area contributed by atoms with Crippen LogP contribution in [0.15, 0.2) is 12.1 Å². The molecule has 3 heteroatoms. The molecule has 0 aromatic carbocycles. The van der Waals surface area contributed by atoms with Crippen LogP contribution in [0, 0.1) is 6.92 Å². The Hall–Kier alpha value is -0.760. The summed E-state index contributed by atoms with van der Waals surface area (Å²) >= 11 is 5.64. The molecule has 0 aliphatic carbocycles. The summed E-state index contributed by atoms with van der Waals surface area (Å²) in [6.07, 6.45) is 0. The van der Waals surface area contributed by atoms with Crippen molar-refractivity contribution in [2.75, 3.05) is 12.4 Å². The lowest BCUT2D eigenvalue weighted by Gasteiger charge is -2.02. The second kappa shape index (κ2) is 2.88. The van der Waals surface area contributed by atoms with Crippen LogP contribution in [0.1, 0.15) is 5.69 Å². The maximum atomic E-state index is 5.64. The van der Waals surface area contributed by atoms with Crippen molar-refractivity contribution in [3.63, 3.8) is 0 Å². The molecule has 54 valence electrons. The molecule has 0 unspecified atom stereocenters. The smallest absolute Gasteiger partial charge is 0.129 e. The lowest BCUT2D eigenvalue weighted by molar-refractivity contribution is 1.19. The maximum absolute atomic E-state index is 5.64. The van der Waals surface area contributed by atoms with Crippen LogP contribution in [0.3, 0.4) is 0 Å². The number of halogens is 1. The first-order valence-corrected chi connectivity index (χ1v) is 3.42. The quantitative estimate of drug-likeness (QED) is 0.630. The average Bonchev–Trinajstić information content (AvgIpc) is 1.88. The van der Waals surface area contributed by atoms with Crippen LogP contribution in [0.25, 0.3) is 0 Å². The topological polar surface area (TPSA) is 24.9 Å². The highest BCUT2D eigenvalue weighted by Crippen LogP contribution is 2.14. The number of nitrogens with zero attached hydrogens (tertiary/aromatic N) is 1. The normalized spacial score (nSPS) is 9.50. The Morgan fingerprint density at radius 2 is 2.20 bits per heavy atom. The molecule has 0 fully saturated rings. The van der Waals surface area contributed by atoms with Crippen molar-refractivity contribution in [1.29, 1.82) is 0 Å². The maximum Gasteiger partial charge on any atom is 0.129 e. The highest BCUT2D eigenvalue weighted by molar-refractivity contribution is 6.29. The van der Waals surface area contributed by atoms with Crippen LogP contribution in [-0.2, 0) is 0 Å². The summed E-state index contributed by atoms with van der Waals surface area (Å²) in [5.41, 5.74) is 1.94. The van der Waals surface area contributed by atoms with E-state index in [-0.39, 0.29) is 0 Å². The van der Waals surface area contributed by atoms with Gasteiger partial charge in [-0.2, -0.15) is 0 Å². The summed E-state index contributed by atoms with van der Waals surface area (Å²) in [5, 5.41) is 3.54. The van der Waals surface area contributed by atoms with E-state index in [2.05, 4.69) is 10.3 Å². The van der Waals surface area contributed by atoms with E-state index in [0.717, 1.165) is 11.4 Å². The Balaban J connectivity index is 3.07. The van der Waals surface area contributed by atoms with Gasteiger partial charge in [0.1, 0.15) is 5.15 Å². The Labute approximate surface area is 65.2 Å². The van der Waals surface area contributed by atoms with Gasteiger partial charge >= 0.3 is 0 Å². The molecule has 0 spiro atoms. The van der Waals surface area contributed by atoms with Crippen molar-refractivity contribution in [1.82, 2.24) is 4.98 Å². The Kier molecular flexibility index (Phi) is 2.12. The van der Waals surface area contributed by atoms with E-state index in [0.29, 0.717) is 5.15 Å². The third-order valence-corrected chi connectivity index (χ3v) is 1.53. The first-order valence-electron chi connectivity index (χ1n) is 3.05. The Morgan fingerprint density at radius 3 is 2.70 bits per heavy atom. The van der Waals surface area contributed by atoms with E-state index in [9.17, 15) is 0 Å². The van der Waals surface area contributed by atoms with E-state index in [4.69, 9.17) is 11.6 Å². The van der Waals surface area contributed by atoms with Crippen LogP contribution < -0.4 is 5.32 Å². The van der Waals surface area contributed by atoms with Gasteiger partial charge in [-0.1, -0.05) is 11.6 Å². The Morgan fingerprint density at radius 1 is 1.50 bits per heavy atom. The molecule has 2 nitrogen and oxygen atoms in total. The number of rotatable bonds is 1. The first kappa shape index (κ1) is 7.35. The van der Waals surface area contributed by atoms with E-state index in [1.807, 2.05) is 20.0 Å². The van der Waals surface area contributed by atoms with Gasteiger partial charge in [-0.3, -0.25) is 0 Å². The van der Waals surface area contributed by atoms with Crippen molar-refractivity contribution in [2.45, 2.75) is 6.92 Å². The van der Waals surface area contributed by atoms with Gasteiger partial charge in [0.2, 0.25) is 0 Å². The molecule has 0 radical (unpaired) electrons. The largest absolute Gasteiger partial charge is 0.387 e. The predicted molar refractivity (Wildman–Crippen MR) is 43.5 cm³/mol. The van der Waals surface area contributed by atoms with Crippen molar-refractivity contribution >= 4 is 17.3 Å². The molecule has 0 bridgehead atoms. The van der Waals surface area contributed by atoms with Crippen LogP contribution in [0.5, 0.6) is 0 Å². The summed E-state index contributed by atoms with van der Waals surface area (Å²) < 4.78 is 0. The van der Waals surface area contributed by atoms with E-state index < -0.39 is 0 Å². The summed E-state index contributed by atoms with van der Waals surface area (Å²) in [7, 11) is 1.86. The Bertz CT molecular complexity index is 235. The monoisotopic (exact) mass is 156 g/mol. The molecule has 1 aromatic rings. The molecule has 0 saturated heterocycles. The number of pyridine rings is 1. The standard InChI is InChI=1S/C7H9ClN2/c1-5-6(9-2)3-4-7(8)10-5/h3-4,9H,1-2H3. The highest BCUT2D eigenvalue weighted by Gasteiger charge is 1.95. The van der Waals surface area contributed by atoms with Gasteiger partial charge < -0.3 is 5.32 Å². The summed E-state index contributed by atoms with van der Waals surface area (Å²) in [4.78, 5) is 4.05. The second-order valence-electron chi connectivity index (χ2n) is 2.02. The minimum absolute atomic E-state index is 0.538. The molecule has 0 atom stereocenters. The summed E-state index contributed by atoms with van der Waals surface area (Å²) in [6.45, 7) is 1.91. The number of nitrogens with one attached hydrogen (secondary N) is 1. The van der Waals surface area contributed by atoms with Crippen molar-refractivity contribution in [3.05, 3.63) is 23.0 Å². The van der Waals surface area contributed by atoms with Gasteiger partial charge in [-0.15, -0.1) is 0 Å². The lowest BCUT2D eigenvalue weighted by atomic mass is 10.3. The molecule has 1 N–H and O–H groups in total. The van der Waals surface area contributed by atoms with Gasteiger partial charge in [0.25, 0.3) is 0 Å². The van der Waals surface area contributed by atoms with Crippen LogP contribution >= 0.6 is 11.6 Å². The number of aromatic nitrogens is 1. The molecule has 0 aliphatic heterocycles. The number of hydrogen-bond acceptors (Lipinski definition) is 2. The molecule has 1 heterocycles. The molecule has 0 saturated carbocycles. The second-order valence-corrected chi connectivity index (χ2v) is 2.40.